The molecule has 4 rings (SSSR count). The third-order valence-corrected chi connectivity index (χ3v) is 6.24. The molecular weight excluding hydrogens is 416 g/mol. The van der Waals surface area contributed by atoms with Crippen molar-refractivity contribution in [3.63, 3.8) is 0 Å². The van der Waals surface area contributed by atoms with Crippen LogP contribution in [0.3, 0.4) is 0 Å². The highest BCUT2D eigenvalue weighted by molar-refractivity contribution is 7.92. The lowest BCUT2D eigenvalue weighted by molar-refractivity contribution is 0.112. The minimum atomic E-state index is -4.01. The second-order valence-corrected chi connectivity index (χ2v) is 8.47. The number of nitrogens with zero attached hydrogens (tertiary/aromatic N) is 3. The number of carbonyl (C=O) groups is 1. The molecule has 9 heteroatoms. The number of aromatic nitrogens is 3. The van der Waals surface area contributed by atoms with E-state index in [1.54, 1.807) is 68.7 Å². The zero-order valence-corrected chi connectivity index (χ0v) is 17.6. The highest BCUT2D eigenvalue weighted by Crippen LogP contribution is 2.33. The Morgan fingerprint density at radius 3 is 2.39 bits per heavy atom. The van der Waals surface area contributed by atoms with Crippen LogP contribution >= 0.6 is 0 Å². The van der Waals surface area contributed by atoms with Gasteiger partial charge in [0.1, 0.15) is 0 Å². The van der Waals surface area contributed by atoms with Crippen molar-refractivity contribution in [2.45, 2.75) is 18.7 Å². The topological polar surface area (TPSA) is 115 Å². The molecule has 2 heterocycles. The third kappa shape index (κ3) is 3.95. The van der Waals surface area contributed by atoms with E-state index in [2.05, 4.69) is 19.8 Å². The summed E-state index contributed by atoms with van der Waals surface area (Å²) in [7, 11) is -4.01. The fourth-order valence-corrected chi connectivity index (χ4v) is 4.37. The average Bonchev–Trinajstić information content (AvgIpc) is 3.11. The van der Waals surface area contributed by atoms with Gasteiger partial charge in [-0.2, -0.15) is 0 Å². The number of aldehydes is 1. The van der Waals surface area contributed by atoms with Crippen LogP contribution in [0, 0.1) is 13.8 Å². The van der Waals surface area contributed by atoms with E-state index >= 15 is 0 Å². The first-order valence-corrected chi connectivity index (χ1v) is 10.8. The van der Waals surface area contributed by atoms with Gasteiger partial charge in [0.2, 0.25) is 5.88 Å². The largest absolute Gasteiger partial charge is 0.337 e. The van der Waals surface area contributed by atoms with Crippen molar-refractivity contribution in [1.82, 2.24) is 15.1 Å². The fourth-order valence-electron chi connectivity index (χ4n) is 3.10. The molecule has 8 nitrogen and oxygen atoms in total. The smallest absolute Gasteiger partial charge is 0.264 e. The summed E-state index contributed by atoms with van der Waals surface area (Å²) in [4.78, 5) is 20.2. The monoisotopic (exact) mass is 434 g/mol. The lowest BCUT2D eigenvalue weighted by atomic mass is 9.98. The molecule has 0 saturated carbocycles. The van der Waals surface area contributed by atoms with Gasteiger partial charge in [-0.3, -0.25) is 4.79 Å². The summed E-state index contributed by atoms with van der Waals surface area (Å²) in [5.74, 6) is 0.523. The third-order valence-electron chi connectivity index (χ3n) is 4.85. The molecule has 0 radical (unpaired) electrons. The van der Waals surface area contributed by atoms with Crippen molar-refractivity contribution < 1.29 is 17.7 Å². The molecule has 31 heavy (non-hydrogen) atoms. The van der Waals surface area contributed by atoms with E-state index < -0.39 is 10.0 Å². The maximum Gasteiger partial charge on any atom is 0.264 e. The van der Waals surface area contributed by atoms with Crippen LogP contribution in [0.25, 0.3) is 22.5 Å². The van der Waals surface area contributed by atoms with Crippen molar-refractivity contribution in [2.24, 2.45) is 0 Å². The first-order valence-electron chi connectivity index (χ1n) is 9.32. The number of hydrogen-bond donors (Lipinski definition) is 1. The van der Waals surface area contributed by atoms with Crippen molar-refractivity contribution >= 4 is 22.2 Å². The van der Waals surface area contributed by atoms with Gasteiger partial charge in [0.25, 0.3) is 10.0 Å². The van der Waals surface area contributed by atoms with E-state index in [-0.39, 0.29) is 10.8 Å². The van der Waals surface area contributed by atoms with Gasteiger partial charge in [-0.15, -0.1) is 0 Å². The molecule has 0 amide bonds. The second-order valence-electron chi connectivity index (χ2n) is 6.82. The molecule has 2 aromatic carbocycles. The molecule has 0 aliphatic rings. The zero-order valence-electron chi connectivity index (χ0n) is 16.7. The molecule has 0 fully saturated rings. The van der Waals surface area contributed by atoms with Crippen molar-refractivity contribution in [2.75, 3.05) is 4.72 Å². The zero-order chi connectivity index (χ0) is 22.0. The predicted octanol–water partition coefficient (Wildman–Crippen LogP) is 4.03. The van der Waals surface area contributed by atoms with E-state index in [0.717, 1.165) is 0 Å². The molecule has 0 aliphatic heterocycles. The molecular formula is C22H18N4O4S. The first kappa shape index (κ1) is 20.4. The van der Waals surface area contributed by atoms with Gasteiger partial charge in [0.05, 0.1) is 10.6 Å². The van der Waals surface area contributed by atoms with Crippen molar-refractivity contribution in [1.29, 1.82) is 0 Å². The second kappa shape index (κ2) is 8.11. The van der Waals surface area contributed by atoms with E-state index in [9.17, 15) is 13.2 Å². The van der Waals surface area contributed by atoms with Crippen LogP contribution in [0.2, 0.25) is 0 Å². The van der Waals surface area contributed by atoms with Crippen LogP contribution in [0.1, 0.15) is 21.6 Å². The molecule has 0 aliphatic carbocycles. The Morgan fingerprint density at radius 2 is 1.71 bits per heavy atom. The summed E-state index contributed by atoms with van der Waals surface area (Å²) in [6, 6.07) is 13.2. The summed E-state index contributed by atoms with van der Waals surface area (Å²) in [5, 5.41) is 3.78. The molecule has 1 N–H and O–H groups in total. The Bertz CT molecular complexity index is 1370. The van der Waals surface area contributed by atoms with Crippen LogP contribution in [-0.2, 0) is 10.0 Å². The maximum atomic E-state index is 13.1. The van der Waals surface area contributed by atoms with Gasteiger partial charge in [-0.1, -0.05) is 35.5 Å². The summed E-state index contributed by atoms with van der Waals surface area (Å²) in [5.41, 5.74) is 3.01. The number of nitrogens with one attached hydrogen (secondary N) is 1. The number of hydrogen-bond acceptors (Lipinski definition) is 7. The molecule has 0 bridgehead atoms. The maximum absolute atomic E-state index is 13.1. The molecule has 2 aromatic heterocycles. The van der Waals surface area contributed by atoms with Crippen LogP contribution in [-0.4, -0.2) is 29.8 Å². The standard InChI is InChI=1S/C22H18N4O4S/c1-14-15(2)25-30-22(14)26-31(28,29)20-7-4-3-6-19(20)18-9-8-16(12-17(18)13-27)21-23-10-5-11-24-21/h3-13,26H,1-2H3. The van der Waals surface area contributed by atoms with Crippen molar-refractivity contribution in [3.05, 3.63) is 77.7 Å². The Kier molecular flexibility index (Phi) is 5.35. The Balaban J connectivity index is 1.80. The van der Waals surface area contributed by atoms with Crippen molar-refractivity contribution in [3.8, 4) is 22.5 Å². The minimum absolute atomic E-state index is 0.00950. The van der Waals surface area contributed by atoms with Crippen LogP contribution in [0.15, 0.2) is 70.3 Å². The number of anilines is 1. The molecule has 0 unspecified atom stereocenters. The quantitative estimate of drug-likeness (QED) is 0.456. The summed E-state index contributed by atoms with van der Waals surface area (Å²) in [6.07, 6.45) is 3.90. The number of benzene rings is 2. The van der Waals surface area contributed by atoms with Gasteiger partial charge >= 0.3 is 0 Å². The Labute approximate surface area is 179 Å². The Morgan fingerprint density at radius 1 is 0.968 bits per heavy atom. The SMILES string of the molecule is Cc1noc(NS(=O)(=O)c2ccccc2-c2ccc(-c3ncccn3)cc2C=O)c1C. The lowest BCUT2D eigenvalue weighted by Crippen LogP contribution is -2.14. The Hall–Kier alpha value is -3.85. The fraction of sp³-hybridized carbons (Fsp3) is 0.0909. The minimum Gasteiger partial charge on any atom is -0.337 e. The van der Waals surface area contributed by atoms with Gasteiger partial charge in [0, 0.05) is 34.6 Å². The molecule has 156 valence electrons. The highest BCUT2D eigenvalue weighted by atomic mass is 32.2. The average molecular weight is 434 g/mol. The normalized spacial score (nSPS) is 11.3. The first-order chi connectivity index (χ1) is 14.9. The van der Waals surface area contributed by atoms with E-state index in [0.29, 0.717) is 45.6 Å². The number of rotatable bonds is 6. The summed E-state index contributed by atoms with van der Waals surface area (Å²) >= 11 is 0. The van der Waals surface area contributed by atoms with E-state index in [1.807, 2.05) is 0 Å². The molecule has 0 saturated heterocycles. The summed E-state index contributed by atoms with van der Waals surface area (Å²) < 4.78 is 33.8. The predicted molar refractivity (Wildman–Crippen MR) is 115 cm³/mol. The summed E-state index contributed by atoms with van der Waals surface area (Å²) in [6.45, 7) is 3.43. The van der Waals surface area contributed by atoms with Gasteiger partial charge in [-0.25, -0.2) is 23.1 Å². The van der Waals surface area contributed by atoms with Crippen LogP contribution < -0.4 is 4.72 Å². The van der Waals surface area contributed by atoms with E-state index in [4.69, 9.17) is 4.52 Å². The number of sulfonamides is 1. The molecule has 0 spiro atoms. The lowest BCUT2D eigenvalue weighted by Gasteiger charge is -2.13. The van der Waals surface area contributed by atoms with Crippen LogP contribution in [0.5, 0.6) is 0 Å². The number of aryl methyl sites for hydroxylation is 1. The highest BCUT2D eigenvalue weighted by Gasteiger charge is 2.23. The van der Waals surface area contributed by atoms with Gasteiger partial charge in [0.15, 0.2) is 12.1 Å². The number of carbonyl (C=O) groups excluding carboxylic acids is 1. The van der Waals surface area contributed by atoms with Gasteiger partial charge < -0.3 is 4.52 Å². The van der Waals surface area contributed by atoms with E-state index in [1.165, 1.54) is 6.07 Å². The molecule has 0 atom stereocenters. The molecule has 4 aromatic rings. The van der Waals surface area contributed by atoms with Gasteiger partial charge in [-0.05, 0) is 37.6 Å². The van der Waals surface area contributed by atoms with Crippen LogP contribution in [0.4, 0.5) is 5.88 Å².